The number of hydrogen-bond donors (Lipinski definition) is 3. The van der Waals surface area contributed by atoms with Gasteiger partial charge in [-0.05, 0) is 26.8 Å². The van der Waals surface area contributed by atoms with Gasteiger partial charge in [0.25, 0.3) is 0 Å². The highest BCUT2D eigenvalue weighted by Gasteiger charge is 2.13. The van der Waals surface area contributed by atoms with Crippen molar-refractivity contribution in [1.82, 2.24) is 10.2 Å². The highest BCUT2D eigenvalue weighted by Crippen LogP contribution is 2.28. The lowest BCUT2D eigenvalue weighted by Crippen LogP contribution is -2.08. The minimum atomic E-state index is 0.0335. The van der Waals surface area contributed by atoms with Gasteiger partial charge >= 0.3 is 0 Å². The van der Waals surface area contributed by atoms with E-state index in [9.17, 15) is 5.11 Å². The van der Waals surface area contributed by atoms with Crippen LogP contribution in [0, 0.1) is 13.8 Å². The molecule has 2 rings (SSSR count). The first-order valence-corrected chi connectivity index (χ1v) is 5.65. The number of benzene rings is 1. The van der Waals surface area contributed by atoms with E-state index in [0.29, 0.717) is 5.75 Å². The standard InChI is InChI=1S/C13H17N3O/c1-8(11-6-4-5-7-12(11)17)14-13-9(2)15-16-10(13)3/h4-8,14,17H,1-3H3,(H,15,16). The van der Waals surface area contributed by atoms with Crippen LogP contribution in [-0.4, -0.2) is 15.3 Å². The van der Waals surface area contributed by atoms with Gasteiger partial charge in [0.05, 0.1) is 23.1 Å². The van der Waals surface area contributed by atoms with Crippen molar-refractivity contribution in [3.05, 3.63) is 41.2 Å². The molecule has 0 saturated carbocycles. The second-order valence-corrected chi connectivity index (χ2v) is 4.23. The second kappa shape index (κ2) is 4.49. The van der Waals surface area contributed by atoms with E-state index < -0.39 is 0 Å². The summed E-state index contributed by atoms with van der Waals surface area (Å²) in [7, 11) is 0. The maximum Gasteiger partial charge on any atom is 0.120 e. The quantitative estimate of drug-likeness (QED) is 0.761. The van der Waals surface area contributed by atoms with Crippen LogP contribution in [0.3, 0.4) is 0 Å². The SMILES string of the molecule is Cc1n[nH]c(C)c1NC(C)c1ccccc1O. The maximum absolute atomic E-state index is 9.78. The molecule has 4 heteroatoms. The minimum Gasteiger partial charge on any atom is -0.508 e. The fraction of sp³-hybridized carbons (Fsp3) is 0.308. The summed E-state index contributed by atoms with van der Waals surface area (Å²) in [5.41, 5.74) is 3.82. The summed E-state index contributed by atoms with van der Waals surface area (Å²) in [6.45, 7) is 5.93. The van der Waals surface area contributed by atoms with E-state index in [1.165, 1.54) is 0 Å². The topological polar surface area (TPSA) is 60.9 Å². The van der Waals surface area contributed by atoms with Gasteiger partial charge in [0.2, 0.25) is 0 Å². The molecular weight excluding hydrogens is 214 g/mol. The van der Waals surface area contributed by atoms with E-state index in [0.717, 1.165) is 22.6 Å². The lowest BCUT2D eigenvalue weighted by atomic mass is 10.1. The number of nitrogens with one attached hydrogen (secondary N) is 2. The number of phenols is 1. The summed E-state index contributed by atoms with van der Waals surface area (Å²) in [6, 6.07) is 7.38. The van der Waals surface area contributed by atoms with Crippen molar-refractivity contribution in [3.8, 4) is 5.75 Å². The van der Waals surface area contributed by atoms with E-state index in [1.54, 1.807) is 6.07 Å². The Morgan fingerprint density at radius 2 is 2.00 bits per heavy atom. The van der Waals surface area contributed by atoms with Crippen LogP contribution in [0.15, 0.2) is 24.3 Å². The van der Waals surface area contributed by atoms with Gasteiger partial charge in [0.1, 0.15) is 5.75 Å². The Morgan fingerprint density at radius 3 is 2.59 bits per heavy atom. The zero-order chi connectivity index (χ0) is 12.4. The van der Waals surface area contributed by atoms with Crippen molar-refractivity contribution >= 4 is 5.69 Å². The first kappa shape index (κ1) is 11.5. The third-order valence-corrected chi connectivity index (χ3v) is 2.89. The Kier molecular flexibility index (Phi) is 3.04. The van der Waals surface area contributed by atoms with Gasteiger partial charge in [-0.2, -0.15) is 5.10 Å². The molecule has 0 fully saturated rings. The monoisotopic (exact) mass is 231 g/mol. The Labute approximate surface area is 101 Å². The van der Waals surface area contributed by atoms with Crippen LogP contribution < -0.4 is 5.32 Å². The molecule has 0 spiro atoms. The Bertz CT molecular complexity index is 500. The van der Waals surface area contributed by atoms with Gasteiger partial charge in [-0.3, -0.25) is 5.10 Å². The van der Waals surface area contributed by atoms with E-state index in [1.807, 2.05) is 39.0 Å². The number of anilines is 1. The highest BCUT2D eigenvalue weighted by atomic mass is 16.3. The summed E-state index contributed by atoms with van der Waals surface area (Å²) in [5, 5.41) is 20.2. The predicted octanol–water partition coefficient (Wildman–Crippen LogP) is 2.91. The maximum atomic E-state index is 9.78. The molecule has 90 valence electrons. The molecule has 1 aromatic carbocycles. The number of aromatic amines is 1. The van der Waals surface area contributed by atoms with Crippen molar-refractivity contribution in [2.45, 2.75) is 26.8 Å². The average molecular weight is 231 g/mol. The molecule has 1 heterocycles. The third kappa shape index (κ3) is 2.25. The van der Waals surface area contributed by atoms with E-state index in [4.69, 9.17) is 0 Å². The number of rotatable bonds is 3. The second-order valence-electron chi connectivity index (χ2n) is 4.23. The summed E-state index contributed by atoms with van der Waals surface area (Å²) >= 11 is 0. The van der Waals surface area contributed by atoms with Gasteiger partial charge in [0.15, 0.2) is 0 Å². The van der Waals surface area contributed by atoms with Gasteiger partial charge in [-0.25, -0.2) is 0 Å². The largest absolute Gasteiger partial charge is 0.508 e. The molecule has 0 amide bonds. The molecule has 3 N–H and O–H groups in total. The number of aryl methyl sites for hydroxylation is 2. The van der Waals surface area contributed by atoms with E-state index >= 15 is 0 Å². The summed E-state index contributed by atoms with van der Waals surface area (Å²) < 4.78 is 0. The van der Waals surface area contributed by atoms with Gasteiger partial charge in [-0.15, -0.1) is 0 Å². The van der Waals surface area contributed by atoms with Crippen LogP contribution in [0.25, 0.3) is 0 Å². The molecule has 2 aromatic rings. The molecule has 0 saturated heterocycles. The molecule has 17 heavy (non-hydrogen) atoms. The third-order valence-electron chi connectivity index (χ3n) is 2.89. The number of nitrogens with zero attached hydrogens (tertiary/aromatic N) is 1. The number of para-hydroxylation sites is 1. The lowest BCUT2D eigenvalue weighted by Gasteiger charge is -2.16. The molecule has 1 atom stereocenters. The molecule has 0 bridgehead atoms. The zero-order valence-electron chi connectivity index (χ0n) is 10.3. The lowest BCUT2D eigenvalue weighted by molar-refractivity contribution is 0.465. The van der Waals surface area contributed by atoms with Gasteiger partial charge in [0, 0.05) is 5.56 Å². The van der Waals surface area contributed by atoms with E-state index in [-0.39, 0.29) is 6.04 Å². The number of aromatic nitrogens is 2. The van der Waals surface area contributed by atoms with Crippen molar-refractivity contribution in [1.29, 1.82) is 0 Å². The number of phenolic OH excluding ortho intramolecular Hbond substituents is 1. The fourth-order valence-electron chi connectivity index (χ4n) is 1.91. The molecule has 0 aliphatic heterocycles. The molecule has 0 aliphatic rings. The van der Waals surface area contributed by atoms with Crippen molar-refractivity contribution in [3.63, 3.8) is 0 Å². The number of H-pyrrole nitrogens is 1. The summed E-state index contributed by atoms with van der Waals surface area (Å²) in [4.78, 5) is 0. The van der Waals surface area contributed by atoms with Gasteiger partial charge in [-0.1, -0.05) is 18.2 Å². The minimum absolute atomic E-state index is 0.0335. The Hall–Kier alpha value is -1.97. The Balaban J connectivity index is 2.23. The smallest absolute Gasteiger partial charge is 0.120 e. The molecule has 1 aromatic heterocycles. The van der Waals surface area contributed by atoms with Crippen molar-refractivity contribution < 1.29 is 5.11 Å². The number of hydrogen-bond acceptors (Lipinski definition) is 3. The molecule has 4 nitrogen and oxygen atoms in total. The van der Waals surface area contributed by atoms with Crippen LogP contribution >= 0.6 is 0 Å². The van der Waals surface area contributed by atoms with Crippen molar-refractivity contribution in [2.24, 2.45) is 0 Å². The molecule has 0 aliphatic carbocycles. The first-order chi connectivity index (χ1) is 8.09. The summed E-state index contributed by atoms with van der Waals surface area (Å²) in [6.07, 6.45) is 0. The molecule has 1 unspecified atom stereocenters. The first-order valence-electron chi connectivity index (χ1n) is 5.65. The Morgan fingerprint density at radius 1 is 1.29 bits per heavy atom. The average Bonchev–Trinajstić information content (AvgIpc) is 2.61. The van der Waals surface area contributed by atoms with Crippen LogP contribution in [0.2, 0.25) is 0 Å². The van der Waals surface area contributed by atoms with Crippen molar-refractivity contribution in [2.75, 3.05) is 5.32 Å². The predicted molar refractivity (Wildman–Crippen MR) is 68.2 cm³/mol. The van der Waals surface area contributed by atoms with E-state index in [2.05, 4.69) is 15.5 Å². The van der Waals surface area contributed by atoms with Crippen LogP contribution in [-0.2, 0) is 0 Å². The molecule has 0 radical (unpaired) electrons. The van der Waals surface area contributed by atoms with Crippen LogP contribution in [0.5, 0.6) is 5.75 Å². The molecular formula is C13H17N3O. The summed E-state index contributed by atoms with van der Waals surface area (Å²) in [5.74, 6) is 0.311. The zero-order valence-corrected chi connectivity index (χ0v) is 10.3. The number of aromatic hydroxyl groups is 1. The fourth-order valence-corrected chi connectivity index (χ4v) is 1.91. The highest BCUT2D eigenvalue weighted by molar-refractivity contribution is 5.53. The van der Waals surface area contributed by atoms with Crippen LogP contribution in [0.4, 0.5) is 5.69 Å². The van der Waals surface area contributed by atoms with Crippen LogP contribution in [0.1, 0.15) is 29.9 Å². The van der Waals surface area contributed by atoms with Gasteiger partial charge < -0.3 is 10.4 Å². The normalized spacial score (nSPS) is 12.4.